The number of hydrogen-bond acceptors (Lipinski definition) is 5. The van der Waals surface area contributed by atoms with Crippen molar-refractivity contribution in [1.82, 2.24) is 14.9 Å². The van der Waals surface area contributed by atoms with Gasteiger partial charge in [-0.3, -0.25) is 4.79 Å². The zero-order chi connectivity index (χ0) is 21.4. The number of fused-ring (bicyclic) bond motifs is 1. The maximum Gasteiger partial charge on any atom is 0.293 e. The van der Waals surface area contributed by atoms with Crippen LogP contribution in [0.25, 0.3) is 33.2 Å². The molecule has 1 fully saturated rings. The maximum absolute atomic E-state index is 12.7. The van der Waals surface area contributed by atoms with Gasteiger partial charge >= 0.3 is 0 Å². The molecule has 6 nitrogen and oxygen atoms in total. The highest BCUT2D eigenvalue weighted by atomic mass is 16.3. The summed E-state index contributed by atoms with van der Waals surface area (Å²) in [5.41, 5.74) is 8.77. The summed E-state index contributed by atoms with van der Waals surface area (Å²) in [4.78, 5) is 17.0. The normalized spacial score (nSPS) is 16.5. The smallest absolute Gasteiger partial charge is 0.293 e. The van der Waals surface area contributed by atoms with Crippen LogP contribution in [0.4, 0.5) is 5.82 Å². The summed E-state index contributed by atoms with van der Waals surface area (Å²) in [6.45, 7) is 1.66. The topological polar surface area (TPSA) is 93.2 Å². The number of nitrogens with two attached hydrogens (primary N) is 1. The lowest BCUT2D eigenvalue weighted by molar-refractivity contribution is 0.364. The van der Waals surface area contributed by atoms with Gasteiger partial charge in [0.15, 0.2) is 5.82 Å². The van der Waals surface area contributed by atoms with Gasteiger partial charge in [-0.15, -0.1) is 0 Å². The maximum atomic E-state index is 12.7. The Morgan fingerprint density at radius 1 is 1.06 bits per heavy atom. The molecule has 0 aliphatic carbocycles. The summed E-state index contributed by atoms with van der Waals surface area (Å²) in [6.07, 6.45) is 3.62. The lowest BCUT2D eigenvalue weighted by atomic mass is 9.96. The largest absolute Gasteiger partial charge is 0.507 e. The van der Waals surface area contributed by atoms with Crippen LogP contribution in [0.2, 0.25) is 0 Å². The van der Waals surface area contributed by atoms with Gasteiger partial charge in [-0.1, -0.05) is 48.5 Å². The number of phenols is 1. The summed E-state index contributed by atoms with van der Waals surface area (Å²) >= 11 is 0. The molecule has 4 N–H and O–H groups in total. The minimum Gasteiger partial charge on any atom is -0.507 e. The molecule has 1 aliphatic rings. The Bertz CT molecular complexity index is 1320. The van der Waals surface area contributed by atoms with E-state index in [1.165, 1.54) is 0 Å². The Hall–Kier alpha value is -3.64. The molecule has 0 bridgehead atoms. The third-order valence-corrected chi connectivity index (χ3v) is 5.99. The molecule has 1 atom stereocenters. The lowest BCUT2D eigenvalue weighted by Gasteiger charge is -2.25. The van der Waals surface area contributed by atoms with Crippen molar-refractivity contribution in [2.75, 3.05) is 18.8 Å². The summed E-state index contributed by atoms with van der Waals surface area (Å²) in [5, 5.41) is 16.2. The van der Waals surface area contributed by atoms with Gasteiger partial charge < -0.3 is 20.7 Å². The van der Waals surface area contributed by atoms with Crippen LogP contribution in [0.15, 0.2) is 71.7 Å². The predicted octanol–water partition coefficient (Wildman–Crippen LogP) is 3.94. The Labute approximate surface area is 180 Å². The third-order valence-electron chi connectivity index (χ3n) is 5.99. The molecule has 156 valence electrons. The van der Waals surface area contributed by atoms with E-state index in [1.54, 1.807) is 16.8 Å². The van der Waals surface area contributed by atoms with Crippen LogP contribution in [-0.2, 0) is 0 Å². The Balaban J connectivity index is 1.65. The average Bonchev–Trinajstić information content (AvgIpc) is 2.81. The van der Waals surface area contributed by atoms with Gasteiger partial charge in [0.1, 0.15) is 5.75 Å². The zero-order valence-corrected chi connectivity index (χ0v) is 17.1. The zero-order valence-electron chi connectivity index (χ0n) is 17.1. The SMILES string of the molecule is Nc1nc(-c2cc(-c3cccc4ccccc34)ccc2O)cn(C2CCCNC2)c1=O. The number of anilines is 1. The van der Waals surface area contributed by atoms with E-state index in [0.29, 0.717) is 17.8 Å². The molecule has 1 unspecified atom stereocenters. The van der Waals surface area contributed by atoms with Crippen molar-refractivity contribution in [1.29, 1.82) is 0 Å². The summed E-state index contributed by atoms with van der Waals surface area (Å²) in [5.74, 6) is 0.0425. The highest BCUT2D eigenvalue weighted by molar-refractivity contribution is 5.97. The van der Waals surface area contributed by atoms with E-state index < -0.39 is 0 Å². The number of hydrogen-bond donors (Lipinski definition) is 3. The Morgan fingerprint density at radius 2 is 1.90 bits per heavy atom. The molecule has 0 amide bonds. The number of nitrogens with one attached hydrogen (secondary N) is 1. The summed E-state index contributed by atoms with van der Waals surface area (Å²) in [7, 11) is 0. The number of phenolic OH excluding ortho intramolecular Hbond substituents is 1. The van der Waals surface area contributed by atoms with Crippen LogP contribution in [0.5, 0.6) is 5.75 Å². The first-order valence-corrected chi connectivity index (χ1v) is 10.5. The van der Waals surface area contributed by atoms with Crippen LogP contribution in [-0.4, -0.2) is 27.7 Å². The molecule has 5 rings (SSSR count). The molecule has 0 spiro atoms. The molecule has 0 radical (unpaired) electrons. The van der Waals surface area contributed by atoms with Crippen molar-refractivity contribution in [3.8, 4) is 28.1 Å². The van der Waals surface area contributed by atoms with E-state index in [2.05, 4.69) is 34.6 Å². The monoisotopic (exact) mass is 412 g/mol. The van der Waals surface area contributed by atoms with Crippen molar-refractivity contribution in [2.45, 2.75) is 18.9 Å². The van der Waals surface area contributed by atoms with Crippen LogP contribution in [0, 0.1) is 0 Å². The molecular formula is C25H24N4O2. The Kier molecular flexibility index (Phi) is 4.92. The van der Waals surface area contributed by atoms with Gasteiger partial charge in [0.25, 0.3) is 5.56 Å². The van der Waals surface area contributed by atoms with Crippen molar-refractivity contribution < 1.29 is 5.11 Å². The molecule has 1 aliphatic heterocycles. The number of rotatable bonds is 3. The van der Waals surface area contributed by atoms with E-state index >= 15 is 0 Å². The van der Waals surface area contributed by atoms with E-state index in [0.717, 1.165) is 41.3 Å². The van der Waals surface area contributed by atoms with Crippen molar-refractivity contribution >= 4 is 16.6 Å². The predicted molar refractivity (Wildman–Crippen MR) is 124 cm³/mol. The van der Waals surface area contributed by atoms with E-state index in [4.69, 9.17) is 5.73 Å². The quantitative estimate of drug-likeness (QED) is 0.474. The Morgan fingerprint density at radius 3 is 2.74 bits per heavy atom. The molecule has 0 saturated carbocycles. The third kappa shape index (κ3) is 3.55. The molecule has 1 saturated heterocycles. The number of nitrogen functional groups attached to an aromatic ring is 1. The highest BCUT2D eigenvalue weighted by Crippen LogP contribution is 2.35. The second-order valence-electron chi connectivity index (χ2n) is 7.98. The molecule has 2 heterocycles. The molecule has 3 aromatic carbocycles. The number of aromatic hydroxyl groups is 1. The van der Waals surface area contributed by atoms with Crippen LogP contribution < -0.4 is 16.6 Å². The van der Waals surface area contributed by atoms with Gasteiger partial charge in [-0.2, -0.15) is 0 Å². The van der Waals surface area contributed by atoms with Crippen molar-refractivity contribution in [3.63, 3.8) is 0 Å². The van der Waals surface area contributed by atoms with E-state index in [9.17, 15) is 9.90 Å². The fraction of sp³-hybridized carbons (Fsp3) is 0.200. The fourth-order valence-corrected chi connectivity index (χ4v) is 4.39. The number of aromatic nitrogens is 2. The molecule has 1 aromatic heterocycles. The van der Waals surface area contributed by atoms with Gasteiger partial charge in [-0.25, -0.2) is 4.98 Å². The highest BCUT2D eigenvalue weighted by Gasteiger charge is 2.20. The molecular weight excluding hydrogens is 388 g/mol. The number of piperidine rings is 1. The van der Waals surface area contributed by atoms with Gasteiger partial charge in [0.2, 0.25) is 0 Å². The van der Waals surface area contributed by atoms with Crippen LogP contribution in [0.1, 0.15) is 18.9 Å². The lowest BCUT2D eigenvalue weighted by Crippen LogP contribution is -2.37. The first-order chi connectivity index (χ1) is 15.1. The second kappa shape index (κ2) is 7.89. The standard InChI is InChI=1S/C25H24N4O2/c26-24-25(31)29(18-7-4-12-27-14-18)15-22(28-24)21-13-17(10-11-23(21)30)20-9-3-6-16-5-1-2-8-19(16)20/h1-3,5-6,8-11,13,15,18,27,30H,4,7,12,14H2,(H2,26,28). The first kappa shape index (κ1) is 19.3. The van der Waals surface area contributed by atoms with Gasteiger partial charge in [0, 0.05) is 24.3 Å². The van der Waals surface area contributed by atoms with Gasteiger partial charge in [0.05, 0.1) is 5.69 Å². The van der Waals surface area contributed by atoms with Crippen LogP contribution in [0.3, 0.4) is 0 Å². The summed E-state index contributed by atoms with van der Waals surface area (Å²) in [6, 6.07) is 19.9. The van der Waals surface area contributed by atoms with E-state index in [-0.39, 0.29) is 23.2 Å². The van der Waals surface area contributed by atoms with Gasteiger partial charge in [-0.05, 0) is 53.4 Å². The minimum atomic E-state index is -0.290. The van der Waals surface area contributed by atoms with Crippen molar-refractivity contribution in [2.24, 2.45) is 0 Å². The second-order valence-corrected chi connectivity index (χ2v) is 7.98. The molecule has 4 aromatic rings. The van der Waals surface area contributed by atoms with E-state index in [1.807, 2.05) is 30.3 Å². The van der Waals surface area contributed by atoms with Crippen molar-refractivity contribution in [3.05, 3.63) is 77.2 Å². The number of benzene rings is 3. The van der Waals surface area contributed by atoms with Crippen LogP contribution >= 0.6 is 0 Å². The molecule has 6 heteroatoms. The first-order valence-electron chi connectivity index (χ1n) is 10.5. The fourth-order valence-electron chi connectivity index (χ4n) is 4.39. The summed E-state index contributed by atoms with van der Waals surface area (Å²) < 4.78 is 1.66. The average molecular weight is 412 g/mol. The minimum absolute atomic E-state index is 0.0219. The number of nitrogens with zero attached hydrogens (tertiary/aromatic N) is 2. The molecule has 31 heavy (non-hydrogen) atoms.